The first-order chi connectivity index (χ1) is 14.0. The van der Waals surface area contributed by atoms with Crippen molar-refractivity contribution in [1.82, 2.24) is 14.7 Å². The molecular weight excluding hydrogens is 442 g/mol. The average molecular weight is 458 g/mol. The summed E-state index contributed by atoms with van der Waals surface area (Å²) in [5, 5.41) is 15.8. The molecule has 6 nitrogen and oxygen atoms in total. The predicted molar refractivity (Wildman–Crippen MR) is 106 cm³/mol. The fraction of sp³-hybridized carbons (Fsp3) is 0.316. The van der Waals surface area contributed by atoms with Crippen LogP contribution in [0, 0.1) is 11.3 Å². The first-order valence-corrected chi connectivity index (χ1v) is 9.52. The number of allylic oxidation sites excluding steroid dienone is 1. The molecule has 0 saturated heterocycles. The molecule has 1 aliphatic rings. The quantitative estimate of drug-likeness (QED) is 0.710. The summed E-state index contributed by atoms with van der Waals surface area (Å²) in [5.41, 5.74) is -0.0751. The summed E-state index contributed by atoms with van der Waals surface area (Å²) >= 11 is 12.1. The number of amides is 1. The molecule has 2 heterocycles. The van der Waals surface area contributed by atoms with Crippen LogP contribution in [0.1, 0.15) is 30.6 Å². The largest absolute Gasteiger partial charge is 0.435 e. The van der Waals surface area contributed by atoms with Crippen LogP contribution in [0.2, 0.25) is 10.0 Å². The number of hydrogen-bond acceptors (Lipinski definition) is 4. The maximum Gasteiger partial charge on any atom is 0.435 e. The Morgan fingerprint density at radius 3 is 2.63 bits per heavy atom. The fourth-order valence-corrected chi connectivity index (χ4v) is 3.51. The van der Waals surface area contributed by atoms with Crippen molar-refractivity contribution < 1.29 is 18.0 Å². The number of halogens is 5. The van der Waals surface area contributed by atoms with Crippen LogP contribution in [0.3, 0.4) is 0 Å². The third kappa shape index (κ3) is 4.11. The van der Waals surface area contributed by atoms with Crippen LogP contribution in [0.25, 0.3) is 0 Å². The van der Waals surface area contributed by atoms with Gasteiger partial charge in [-0.3, -0.25) is 4.79 Å². The molecule has 0 bridgehead atoms. The molecular formula is C19H16Cl2F3N5O. The van der Waals surface area contributed by atoms with Crippen molar-refractivity contribution in [3.8, 4) is 6.07 Å². The van der Waals surface area contributed by atoms with Gasteiger partial charge in [-0.2, -0.15) is 23.5 Å². The summed E-state index contributed by atoms with van der Waals surface area (Å²) in [6, 6.07) is 6.46. The number of nitrogens with one attached hydrogen (secondary N) is 1. The van der Waals surface area contributed by atoms with Gasteiger partial charge >= 0.3 is 6.18 Å². The van der Waals surface area contributed by atoms with E-state index in [1.807, 2.05) is 6.07 Å². The van der Waals surface area contributed by atoms with Gasteiger partial charge in [-0.1, -0.05) is 29.3 Å². The minimum absolute atomic E-state index is 0.0899. The van der Waals surface area contributed by atoms with Gasteiger partial charge in [-0.25, -0.2) is 4.68 Å². The van der Waals surface area contributed by atoms with E-state index in [1.165, 1.54) is 24.1 Å². The average Bonchev–Trinajstić information content (AvgIpc) is 3.10. The first-order valence-electron chi connectivity index (χ1n) is 8.76. The molecule has 3 rings (SSSR count). The number of nitriles is 1. The molecule has 1 aliphatic heterocycles. The van der Waals surface area contributed by atoms with E-state index in [9.17, 15) is 18.0 Å². The summed E-state index contributed by atoms with van der Waals surface area (Å²) in [4.78, 5) is 14.5. The molecule has 30 heavy (non-hydrogen) atoms. The lowest BCUT2D eigenvalue weighted by atomic mass is 9.94. The van der Waals surface area contributed by atoms with Gasteiger partial charge in [-0.05, 0) is 24.6 Å². The van der Waals surface area contributed by atoms with Gasteiger partial charge in [0.25, 0.3) is 5.91 Å². The zero-order chi connectivity index (χ0) is 22.2. The Balaban J connectivity index is 2.17. The Bertz CT molecular complexity index is 1070. The van der Waals surface area contributed by atoms with E-state index >= 15 is 0 Å². The smallest absolute Gasteiger partial charge is 0.344 e. The first kappa shape index (κ1) is 22.0. The number of hydrogen-bond donors (Lipinski definition) is 1. The van der Waals surface area contributed by atoms with Crippen molar-refractivity contribution in [3.63, 3.8) is 0 Å². The van der Waals surface area contributed by atoms with Crippen LogP contribution in [0.15, 0.2) is 35.5 Å². The normalized spacial score (nSPS) is 16.0. The van der Waals surface area contributed by atoms with Crippen LogP contribution in [-0.2, 0) is 11.0 Å². The van der Waals surface area contributed by atoms with Crippen LogP contribution in [0.5, 0.6) is 0 Å². The number of carbonyl (C=O) groups excluding carboxylic acids is 1. The fourth-order valence-electron chi connectivity index (χ4n) is 3.20. The molecule has 11 heteroatoms. The lowest BCUT2D eigenvalue weighted by molar-refractivity contribution is -0.141. The highest BCUT2D eigenvalue weighted by atomic mass is 35.5. The highest BCUT2D eigenvalue weighted by Gasteiger charge is 2.40. The summed E-state index contributed by atoms with van der Waals surface area (Å²) in [6.45, 7) is 1.76. The number of nitrogens with zero attached hydrogens (tertiary/aromatic N) is 4. The van der Waals surface area contributed by atoms with E-state index in [-0.39, 0.29) is 34.4 Å². The van der Waals surface area contributed by atoms with Gasteiger partial charge < -0.3 is 10.2 Å². The molecule has 1 aromatic carbocycles. The molecule has 0 fully saturated rings. The number of fused-ring (bicyclic) bond motifs is 1. The molecule has 1 atom stereocenters. The van der Waals surface area contributed by atoms with E-state index in [2.05, 4.69) is 10.4 Å². The third-order valence-corrected chi connectivity index (χ3v) is 5.40. The number of alkyl halides is 3. The minimum atomic E-state index is -4.66. The summed E-state index contributed by atoms with van der Waals surface area (Å²) in [7, 11) is 1.52. The number of likely N-dealkylation sites (N-methyl/N-ethyl adjacent to an activating group) is 1. The van der Waals surface area contributed by atoms with E-state index < -0.39 is 23.8 Å². The summed E-state index contributed by atoms with van der Waals surface area (Å²) in [5.74, 6) is -0.354. The van der Waals surface area contributed by atoms with Crippen LogP contribution in [-0.4, -0.2) is 34.2 Å². The van der Waals surface area contributed by atoms with Crippen LogP contribution in [0.4, 0.5) is 19.0 Å². The topological polar surface area (TPSA) is 74.0 Å². The second-order valence-electron chi connectivity index (χ2n) is 6.73. The molecule has 0 spiro atoms. The lowest BCUT2D eigenvalue weighted by Crippen LogP contribution is -2.36. The number of carbonyl (C=O) groups is 1. The standard InChI is InChI=1S/C19H16Cl2F3N5O/c1-10-16(18(30)28(2)7-3-6-25)17(11-4-5-12(20)13(21)8-11)29-15(26-10)9-14(27-29)19(22,23)24/h4-5,8-9,17,26H,3,7H2,1-2H3. The zero-order valence-corrected chi connectivity index (χ0v) is 17.4. The number of rotatable bonds is 4. The lowest BCUT2D eigenvalue weighted by Gasteiger charge is -2.31. The van der Waals surface area contributed by atoms with Crippen molar-refractivity contribution in [2.75, 3.05) is 18.9 Å². The summed E-state index contributed by atoms with van der Waals surface area (Å²) < 4.78 is 41.0. The van der Waals surface area contributed by atoms with E-state index in [1.54, 1.807) is 13.0 Å². The Labute approximate surface area is 180 Å². The molecule has 2 aromatic rings. The third-order valence-electron chi connectivity index (χ3n) is 4.66. The van der Waals surface area contributed by atoms with Crippen molar-refractivity contribution in [1.29, 1.82) is 5.26 Å². The number of aromatic nitrogens is 2. The molecule has 1 aromatic heterocycles. The highest BCUT2D eigenvalue weighted by Crippen LogP contribution is 2.40. The monoisotopic (exact) mass is 457 g/mol. The van der Waals surface area contributed by atoms with Crippen molar-refractivity contribution in [2.45, 2.75) is 25.6 Å². The molecule has 1 unspecified atom stereocenters. The highest BCUT2D eigenvalue weighted by molar-refractivity contribution is 6.42. The second kappa shape index (κ2) is 8.20. The van der Waals surface area contributed by atoms with Crippen LogP contribution >= 0.6 is 23.2 Å². The van der Waals surface area contributed by atoms with Crippen molar-refractivity contribution >= 4 is 34.9 Å². The van der Waals surface area contributed by atoms with Gasteiger partial charge in [0.1, 0.15) is 11.9 Å². The Kier molecular flexibility index (Phi) is 6.01. The van der Waals surface area contributed by atoms with Gasteiger partial charge in [0.15, 0.2) is 5.69 Å². The van der Waals surface area contributed by atoms with E-state index in [0.717, 1.165) is 10.7 Å². The summed E-state index contributed by atoms with van der Waals surface area (Å²) in [6.07, 6.45) is -4.54. The molecule has 0 saturated carbocycles. The predicted octanol–water partition coefficient (Wildman–Crippen LogP) is 4.87. The minimum Gasteiger partial charge on any atom is -0.344 e. The molecule has 158 valence electrons. The Morgan fingerprint density at radius 1 is 1.33 bits per heavy atom. The Morgan fingerprint density at radius 2 is 2.03 bits per heavy atom. The maximum absolute atomic E-state index is 13.3. The van der Waals surface area contributed by atoms with E-state index in [0.29, 0.717) is 11.3 Å². The SMILES string of the molecule is CC1=C(C(=O)N(C)CCC#N)C(c2ccc(Cl)c(Cl)c2)n2nc(C(F)(F)F)cc2N1. The molecule has 0 radical (unpaired) electrons. The van der Waals surface area contributed by atoms with Gasteiger partial charge in [0.05, 0.1) is 28.1 Å². The number of anilines is 1. The van der Waals surface area contributed by atoms with E-state index in [4.69, 9.17) is 28.5 Å². The zero-order valence-electron chi connectivity index (χ0n) is 15.9. The maximum atomic E-state index is 13.3. The van der Waals surface area contributed by atoms with Gasteiger partial charge in [0.2, 0.25) is 0 Å². The van der Waals surface area contributed by atoms with Gasteiger partial charge in [-0.15, -0.1) is 0 Å². The molecule has 1 N–H and O–H groups in total. The van der Waals surface area contributed by atoms with Crippen molar-refractivity contribution in [3.05, 3.63) is 56.8 Å². The molecule has 0 aliphatic carbocycles. The number of benzene rings is 1. The van der Waals surface area contributed by atoms with Gasteiger partial charge in [0, 0.05) is 25.4 Å². The van der Waals surface area contributed by atoms with Crippen molar-refractivity contribution in [2.24, 2.45) is 0 Å². The Hall–Kier alpha value is -2.70. The van der Waals surface area contributed by atoms with Crippen LogP contribution < -0.4 is 5.32 Å². The second-order valence-corrected chi connectivity index (χ2v) is 7.55. The molecule has 1 amide bonds.